The molecular formula is C7H17NO2. The Morgan fingerprint density at radius 3 is 2.80 bits per heavy atom. The molecule has 10 heavy (non-hydrogen) atoms. The van der Waals surface area contributed by atoms with E-state index in [-0.39, 0.29) is 6.10 Å². The summed E-state index contributed by atoms with van der Waals surface area (Å²) in [6.07, 6.45) is 1.60. The van der Waals surface area contributed by atoms with Crippen molar-refractivity contribution in [1.82, 2.24) is 5.48 Å². The highest BCUT2D eigenvalue weighted by atomic mass is 16.6. The van der Waals surface area contributed by atoms with E-state index in [4.69, 9.17) is 9.94 Å². The number of rotatable bonds is 6. The second kappa shape index (κ2) is 6.99. The lowest BCUT2D eigenvalue weighted by molar-refractivity contribution is 0.0477. The zero-order valence-electron chi connectivity index (χ0n) is 6.76. The van der Waals surface area contributed by atoms with Crippen LogP contribution in [0.4, 0.5) is 0 Å². The van der Waals surface area contributed by atoms with Gasteiger partial charge in [0.2, 0.25) is 0 Å². The molecule has 0 aliphatic heterocycles. The summed E-state index contributed by atoms with van der Waals surface area (Å²) in [5.41, 5.74) is 2.78. The van der Waals surface area contributed by atoms with E-state index in [0.29, 0.717) is 6.61 Å². The smallest absolute Gasteiger partial charge is 0.0653 e. The highest BCUT2D eigenvalue weighted by Gasteiger charge is 1.93. The third-order valence-corrected chi connectivity index (χ3v) is 1.15. The van der Waals surface area contributed by atoms with Crippen LogP contribution in [0.2, 0.25) is 0 Å². The van der Waals surface area contributed by atoms with Gasteiger partial charge < -0.3 is 9.94 Å². The van der Waals surface area contributed by atoms with E-state index >= 15 is 0 Å². The van der Waals surface area contributed by atoms with Crippen molar-refractivity contribution in [3.63, 3.8) is 0 Å². The number of nitrogens with one attached hydrogen (secondary N) is 1. The van der Waals surface area contributed by atoms with Gasteiger partial charge in [0.25, 0.3) is 0 Å². The molecule has 0 aromatic heterocycles. The Kier molecular flexibility index (Phi) is 6.91. The van der Waals surface area contributed by atoms with Gasteiger partial charge in [-0.15, -0.1) is 0 Å². The molecule has 0 aromatic rings. The van der Waals surface area contributed by atoms with E-state index in [1.54, 1.807) is 6.92 Å². The maximum atomic E-state index is 8.84. The van der Waals surface area contributed by atoms with Crippen molar-refractivity contribution in [3.8, 4) is 0 Å². The zero-order valence-corrected chi connectivity index (χ0v) is 6.76. The summed E-state index contributed by atoms with van der Waals surface area (Å²) in [4.78, 5) is 4.88. The molecule has 0 saturated heterocycles. The van der Waals surface area contributed by atoms with Crippen LogP contribution in [0.15, 0.2) is 0 Å². The van der Waals surface area contributed by atoms with Gasteiger partial charge in [0.15, 0.2) is 0 Å². The number of hydroxylamine groups is 1. The van der Waals surface area contributed by atoms with Gasteiger partial charge in [-0.3, -0.25) is 0 Å². The summed E-state index contributed by atoms with van der Waals surface area (Å²) in [5.74, 6) is 0. The lowest BCUT2D eigenvalue weighted by atomic mass is 10.2. The molecule has 0 spiro atoms. The van der Waals surface area contributed by atoms with Crippen LogP contribution in [0.1, 0.15) is 26.7 Å². The third kappa shape index (κ3) is 7.88. The fourth-order valence-corrected chi connectivity index (χ4v) is 0.644. The van der Waals surface area contributed by atoms with Crippen molar-refractivity contribution in [3.05, 3.63) is 0 Å². The van der Waals surface area contributed by atoms with Crippen LogP contribution >= 0.6 is 0 Å². The SMILES string of the molecule is CCONCCCC(C)O. The van der Waals surface area contributed by atoms with Crippen LogP contribution in [-0.2, 0) is 4.84 Å². The molecule has 1 atom stereocenters. The summed E-state index contributed by atoms with van der Waals surface area (Å²) in [5, 5.41) is 8.84. The average Bonchev–Trinajstić information content (AvgIpc) is 1.87. The molecule has 3 heteroatoms. The van der Waals surface area contributed by atoms with Crippen LogP contribution in [0, 0.1) is 0 Å². The molecule has 0 aliphatic carbocycles. The van der Waals surface area contributed by atoms with Crippen LogP contribution in [-0.4, -0.2) is 24.4 Å². The molecule has 0 aliphatic rings. The topological polar surface area (TPSA) is 41.5 Å². The van der Waals surface area contributed by atoms with Crippen LogP contribution in [0.25, 0.3) is 0 Å². The molecule has 0 fully saturated rings. The molecule has 62 valence electrons. The highest BCUT2D eigenvalue weighted by molar-refractivity contribution is 4.47. The van der Waals surface area contributed by atoms with Crippen molar-refractivity contribution in [2.75, 3.05) is 13.2 Å². The normalized spacial score (nSPS) is 13.5. The monoisotopic (exact) mass is 147 g/mol. The molecule has 0 heterocycles. The Morgan fingerprint density at radius 1 is 1.60 bits per heavy atom. The lowest BCUT2D eigenvalue weighted by Gasteiger charge is -2.04. The van der Waals surface area contributed by atoms with Gasteiger partial charge in [0, 0.05) is 6.54 Å². The van der Waals surface area contributed by atoms with E-state index in [2.05, 4.69) is 5.48 Å². The largest absolute Gasteiger partial charge is 0.393 e. The predicted octanol–water partition coefficient (Wildman–Crippen LogP) is 0.688. The number of hydrogen-bond donors (Lipinski definition) is 2. The van der Waals surface area contributed by atoms with E-state index in [1.165, 1.54) is 0 Å². The lowest BCUT2D eigenvalue weighted by Crippen LogP contribution is -2.16. The highest BCUT2D eigenvalue weighted by Crippen LogP contribution is 1.92. The maximum Gasteiger partial charge on any atom is 0.0653 e. The van der Waals surface area contributed by atoms with E-state index in [9.17, 15) is 0 Å². The molecule has 0 radical (unpaired) electrons. The maximum absolute atomic E-state index is 8.84. The molecule has 1 unspecified atom stereocenters. The van der Waals surface area contributed by atoms with Gasteiger partial charge >= 0.3 is 0 Å². The van der Waals surface area contributed by atoms with Crippen LogP contribution in [0.5, 0.6) is 0 Å². The molecule has 0 saturated carbocycles. The van der Waals surface area contributed by atoms with E-state index in [1.807, 2.05) is 6.92 Å². The van der Waals surface area contributed by atoms with Gasteiger partial charge in [-0.25, -0.2) is 5.48 Å². The third-order valence-electron chi connectivity index (χ3n) is 1.15. The first-order chi connectivity index (χ1) is 4.77. The van der Waals surface area contributed by atoms with Gasteiger partial charge in [0.1, 0.15) is 0 Å². The molecule has 3 nitrogen and oxygen atoms in total. The Labute approximate surface area is 62.3 Å². The quantitative estimate of drug-likeness (QED) is 0.429. The molecule has 0 rings (SSSR count). The first-order valence-corrected chi connectivity index (χ1v) is 3.80. The summed E-state index contributed by atoms with van der Waals surface area (Å²) in [6, 6.07) is 0. The minimum absolute atomic E-state index is 0.191. The Bertz CT molecular complexity index is 66.6. The van der Waals surface area contributed by atoms with Crippen molar-refractivity contribution < 1.29 is 9.94 Å². The van der Waals surface area contributed by atoms with Crippen molar-refractivity contribution in [2.45, 2.75) is 32.8 Å². The summed E-state index contributed by atoms with van der Waals surface area (Å²) in [7, 11) is 0. The number of aliphatic hydroxyl groups excluding tert-OH is 1. The number of hydrogen-bond acceptors (Lipinski definition) is 3. The van der Waals surface area contributed by atoms with Crippen molar-refractivity contribution in [1.29, 1.82) is 0 Å². The Hall–Kier alpha value is -0.120. The first kappa shape index (κ1) is 9.88. The first-order valence-electron chi connectivity index (χ1n) is 3.80. The summed E-state index contributed by atoms with van der Waals surface area (Å²) < 4.78 is 0. The standard InChI is InChI=1S/C7H17NO2/c1-3-10-8-6-4-5-7(2)9/h7-9H,3-6H2,1-2H3. The Balaban J connectivity index is 2.77. The predicted molar refractivity (Wildman–Crippen MR) is 40.5 cm³/mol. The van der Waals surface area contributed by atoms with E-state index in [0.717, 1.165) is 19.4 Å². The molecule has 0 amide bonds. The van der Waals surface area contributed by atoms with Gasteiger partial charge in [-0.05, 0) is 26.7 Å². The van der Waals surface area contributed by atoms with E-state index < -0.39 is 0 Å². The van der Waals surface area contributed by atoms with Crippen molar-refractivity contribution >= 4 is 0 Å². The molecule has 2 N–H and O–H groups in total. The fraction of sp³-hybridized carbons (Fsp3) is 1.00. The fourth-order valence-electron chi connectivity index (χ4n) is 0.644. The zero-order chi connectivity index (χ0) is 7.82. The summed E-state index contributed by atoms with van der Waals surface area (Å²) >= 11 is 0. The van der Waals surface area contributed by atoms with Crippen molar-refractivity contribution in [2.24, 2.45) is 0 Å². The summed E-state index contributed by atoms with van der Waals surface area (Å²) in [6.45, 7) is 5.23. The van der Waals surface area contributed by atoms with Gasteiger partial charge in [-0.2, -0.15) is 0 Å². The Morgan fingerprint density at radius 2 is 2.30 bits per heavy atom. The van der Waals surface area contributed by atoms with Gasteiger partial charge in [0.05, 0.1) is 12.7 Å². The second-order valence-electron chi connectivity index (χ2n) is 2.32. The molecular weight excluding hydrogens is 130 g/mol. The molecule has 0 bridgehead atoms. The minimum Gasteiger partial charge on any atom is -0.393 e. The second-order valence-corrected chi connectivity index (χ2v) is 2.32. The average molecular weight is 147 g/mol. The van der Waals surface area contributed by atoms with Gasteiger partial charge in [-0.1, -0.05) is 0 Å². The minimum atomic E-state index is -0.191. The number of aliphatic hydroxyl groups is 1. The van der Waals surface area contributed by atoms with Crippen LogP contribution < -0.4 is 5.48 Å². The molecule has 0 aromatic carbocycles. The van der Waals surface area contributed by atoms with Crippen LogP contribution in [0.3, 0.4) is 0 Å².